The van der Waals surface area contributed by atoms with Crippen LogP contribution in [-0.4, -0.2) is 61.2 Å². The molecule has 0 saturated carbocycles. The van der Waals surface area contributed by atoms with E-state index >= 15 is 0 Å². The molecule has 0 aromatic rings. The molecule has 0 aromatic heterocycles. The van der Waals surface area contributed by atoms with Gasteiger partial charge in [0.05, 0.1) is 26.4 Å². The Bertz CT molecular complexity index is 219. The molecular weight excluding hydrogens is 413 g/mol. The van der Waals surface area contributed by atoms with Gasteiger partial charge in [0.25, 0.3) is 0 Å². The Balaban J connectivity index is 1.33. The zero-order valence-corrected chi connectivity index (χ0v) is 17.2. The van der Waals surface area contributed by atoms with E-state index in [1.54, 1.807) is 0 Å². The topological polar surface area (TPSA) is 24.9 Å². The molecule has 2 heterocycles. The first-order valence-corrected chi connectivity index (χ1v) is 16.0. The molecule has 0 aliphatic carbocycles. The van der Waals surface area contributed by atoms with E-state index in [1.807, 2.05) is 80.9 Å². The predicted molar refractivity (Wildman–Crippen MR) is 106 cm³/mol. The van der Waals surface area contributed by atoms with Crippen molar-refractivity contribution >= 4 is 80.9 Å². The van der Waals surface area contributed by atoms with Gasteiger partial charge in [0.1, 0.15) is 0 Å². The third kappa shape index (κ3) is 9.06. The van der Waals surface area contributed by atoms with Crippen molar-refractivity contribution < 1.29 is 9.47 Å². The van der Waals surface area contributed by atoms with Gasteiger partial charge < -0.3 is 9.47 Å². The van der Waals surface area contributed by atoms with E-state index in [2.05, 4.69) is 8.61 Å². The average Bonchev–Trinajstić information content (AvgIpc) is 2.52. The second-order valence-corrected chi connectivity index (χ2v) is 16.5. The first kappa shape index (κ1) is 19.0. The molecule has 2 saturated heterocycles. The lowest BCUT2D eigenvalue weighted by molar-refractivity contribution is 0.0779. The highest BCUT2D eigenvalue weighted by Gasteiger charge is 2.12. The number of morpholine rings is 2. The molecule has 0 unspecified atom stereocenters. The van der Waals surface area contributed by atoms with Crippen LogP contribution in [0.1, 0.15) is 0 Å². The maximum absolute atomic E-state index is 5.32. The van der Waals surface area contributed by atoms with Gasteiger partial charge in [-0.15, -0.1) is 0 Å². The van der Waals surface area contributed by atoms with Gasteiger partial charge in [-0.3, -0.25) is 0 Å². The molecule has 2 aliphatic heterocycles. The summed E-state index contributed by atoms with van der Waals surface area (Å²) in [6.07, 6.45) is 0. The largest absolute Gasteiger partial charge is 0.379 e. The normalized spacial score (nSPS) is 22.2. The van der Waals surface area contributed by atoms with Gasteiger partial charge in [-0.1, -0.05) is 0 Å². The second kappa shape index (κ2) is 13.0. The van der Waals surface area contributed by atoms with Crippen molar-refractivity contribution in [3.05, 3.63) is 0 Å². The second-order valence-electron chi connectivity index (χ2n) is 3.64. The van der Waals surface area contributed by atoms with Gasteiger partial charge in [-0.2, -0.15) is 0 Å². The van der Waals surface area contributed by atoms with Gasteiger partial charge in [-0.05, 0) is 0 Å². The number of ether oxygens (including phenoxy) is 2. The van der Waals surface area contributed by atoms with E-state index < -0.39 is 0 Å². The van der Waals surface area contributed by atoms with E-state index in [9.17, 15) is 0 Å². The van der Waals surface area contributed by atoms with Crippen LogP contribution in [-0.2, 0) is 9.47 Å². The summed E-state index contributed by atoms with van der Waals surface area (Å²) < 4.78 is 15.4. The van der Waals surface area contributed by atoms with Crippen molar-refractivity contribution in [2.45, 2.75) is 0 Å². The van der Waals surface area contributed by atoms with Crippen molar-refractivity contribution in [3.8, 4) is 0 Å². The zero-order chi connectivity index (χ0) is 13.9. The lowest BCUT2D eigenvalue weighted by Crippen LogP contribution is -2.30. The molecule has 118 valence electrons. The molecule has 0 N–H and O–H groups in total. The van der Waals surface area contributed by atoms with Crippen LogP contribution >= 0.6 is 80.9 Å². The molecule has 2 aliphatic rings. The standard InChI is InChI=1S/C8H16N2O2S8/c1-5-11-6-2-9(1)13-15-17-19-20-18-16-14-10-3-7-12-8-4-10/h1-8H2. The summed E-state index contributed by atoms with van der Waals surface area (Å²) in [4.78, 5) is 0. The van der Waals surface area contributed by atoms with Gasteiger partial charge in [-0.25, -0.2) is 8.61 Å². The van der Waals surface area contributed by atoms with Crippen LogP contribution < -0.4 is 0 Å². The maximum atomic E-state index is 5.32. The minimum absolute atomic E-state index is 0.866. The van der Waals surface area contributed by atoms with Gasteiger partial charge in [0, 0.05) is 107 Å². The molecule has 12 heteroatoms. The van der Waals surface area contributed by atoms with E-state index in [0.29, 0.717) is 0 Å². The Morgan fingerprint density at radius 1 is 0.500 bits per heavy atom. The first-order chi connectivity index (χ1) is 9.95. The third-order valence-electron chi connectivity index (χ3n) is 2.35. The molecule has 0 aromatic carbocycles. The van der Waals surface area contributed by atoms with Crippen LogP contribution in [0, 0.1) is 0 Å². The summed E-state index contributed by atoms with van der Waals surface area (Å²) in [6.45, 7) is 7.62. The minimum atomic E-state index is 0.866. The molecule has 20 heavy (non-hydrogen) atoms. The van der Waals surface area contributed by atoms with E-state index in [1.165, 1.54) is 0 Å². The van der Waals surface area contributed by atoms with Crippen molar-refractivity contribution in [1.82, 2.24) is 8.61 Å². The molecule has 0 bridgehead atoms. The third-order valence-corrected chi connectivity index (χ3v) is 17.5. The Hall–Kier alpha value is 2.64. The van der Waals surface area contributed by atoms with Crippen LogP contribution in [0.3, 0.4) is 0 Å². The summed E-state index contributed by atoms with van der Waals surface area (Å²) in [7, 11) is 14.7. The monoisotopic (exact) mass is 428 g/mol. The summed E-state index contributed by atoms with van der Waals surface area (Å²) in [6, 6.07) is 0. The zero-order valence-electron chi connectivity index (χ0n) is 10.6. The Morgan fingerprint density at radius 2 is 0.850 bits per heavy atom. The van der Waals surface area contributed by atoms with Crippen molar-refractivity contribution in [2.24, 2.45) is 0 Å². The summed E-state index contributed by atoms with van der Waals surface area (Å²) in [5, 5.41) is 0. The predicted octanol–water partition coefficient (Wildman–Crippen LogP) is 4.75. The van der Waals surface area contributed by atoms with Crippen LogP contribution in [0.25, 0.3) is 0 Å². The molecular formula is C8H16N2O2S8. The maximum Gasteiger partial charge on any atom is 0.0603 e. The average molecular weight is 429 g/mol. The molecule has 0 atom stereocenters. The van der Waals surface area contributed by atoms with Gasteiger partial charge in [0.15, 0.2) is 0 Å². The molecule has 2 rings (SSSR count). The number of hydrogen-bond acceptors (Lipinski definition) is 12. The fraction of sp³-hybridized carbons (Fsp3) is 1.00. The molecule has 0 amide bonds. The lowest BCUT2D eigenvalue weighted by Gasteiger charge is -2.24. The van der Waals surface area contributed by atoms with Gasteiger partial charge >= 0.3 is 0 Å². The Morgan fingerprint density at radius 3 is 1.25 bits per heavy atom. The Kier molecular flexibility index (Phi) is 12.3. The SMILES string of the molecule is C1CN(SSSSSSSSN2CCOCC2)CCO1. The molecule has 0 radical (unpaired) electrons. The van der Waals surface area contributed by atoms with Crippen LogP contribution in [0.5, 0.6) is 0 Å². The first-order valence-electron chi connectivity index (χ1n) is 5.95. The van der Waals surface area contributed by atoms with Crippen molar-refractivity contribution in [1.29, 1.82) is 0 Å². The van der Waals surface area contributed by atoms with Gasteiger partial charge in [0.2, 0.25) is 0 Å². The lowest BCUT2D eigenvalue weighted by atomic mass is 10.5. The van der Waals surface area contributed by atoms with Crippen molar-refractivity contribution in [2.75, 3.05) is 52.6 Å². The highest BCUT2D eigenvalue weighted by atomic mass is 34.0. The number of hydrogen-bond donors (Lipinski definition) is 0. The highest BCUT2D eigenvalue weighted by molar-refractivity contribution is 9.48. The van der Waals surface area contributed by atoms with Crippen LogP contribution in [0.2, 0.25) is 0 Å². The fourth-order valence-electron chi connectivity index (χ4n) is 1.40. The molecule has 4 nitrogen and oxygen atoms in total. The summed E-state index contributed by atoms with van der Waals surface area (Å²) in [5.74, 6) is 0. The molecule has 2 fully saturated rings. The van der Waals surface area contributed by atoms with Crippen LogP contribution in [0.4, 0.5) is 0 Å². The highest BCUT2D eigenvalue weighted by Crippen LogP contribution is 2.57. The minimum Gasteiger partial charge on any atom is -0.379 e. The summed E-state index contributed by atoms with van der Waals surface area (Å²) >= 11 is 0. The van der Waals surface area contributed by atoms with E-state index in [0.717, 1.165) is 52.6 Å². The number of rotatable bonds is 9. The van der Waals surface area contributed by atoms with E-state index in [4.69, 9.17) is 9.47 Å². The fourth-order valence-corrected chi connectivity index (χ4v) is 18.1. The quantitative estimate of drug-likeness (QED) is 0.288. The number of nitrogens with zero attached hydrogens (tertiary/aromatic N) is 2. The van der Waals surface area contributed by atoms with E-state index in [-0.39, 0.29) is 0 Å². The Labute approximate surface area is 150 Å². The smallest absolute Gasteiger partial charge is 0.0603 e. The molecule has 0 spiro atoms. The summed E-state index contributed by atoms with van der Waals surface area (Å²) in [5.41, 5.74) is 0. The van der Waals surface area contributed by atoms with Crippen LogP contribution in [0.15, 0.2) is 0 Å². The van der Waals surface area contributed by atoms with Crippen molar-refractivity contribution in [3.63, 3.8) is 0 Å².